The fourth-order valence-corrected chi connectivity index (χ4v) is 5.66. The van der Waals surface area contributed by atoms with Crippen molar-refractivity contribution in [3.05, 3.63) is 35.4 Å². The molecule has 2 saturated carbocycles. The second-order valence-electron chi connectivity index (χ2n) is 8.66. The predicted octanol–water partition coefficient (Wildman–Crippen LogP) is 4.10. The zero-order chi connectivity index (χ0) is 17.4. The van der Waals surface area contributed by atoms with Crippen molar-refractivity contribution >= 4 is 18.3 Å². The van der Waals surface area contributed by atoms with E-state index in [4.69, 9.17) is 5.73 Å². The summed E-state index contributed by atoms with van der Waals surface area (Å²) in [7, 11) is 0. The Hall–Kier alpha value is -1.06. The Kier molecular flexibility index (Phi) is 6.29. The smallest absolute Gasteiger partial charge is 0.225 e. The molecule has 3 aliphatic rings. The predicted molar refractivity (Wildman–Crippen MR) is 108 cm³/mol. The second-order valence-corrected chi connectivity index (χ2v) is 8.66. The number of carbonyl (C=O) groups is 1. The first-order chi connectivity index (χ1) is 12.1. The van der Waals surface area contributed by atoms with Crippen LogP contribution < -0.4 is 5.73 Å². The minimum atomic E-state index is 0. The SMILES string of the molecule is Cc1ccccc1CC1CCCN1C(=O)C1CC2CCCC(C1)C2N.Cl. The van der Waals surface area contributed by atoms with Crippen LogP contribution in [-0.4, -0.2) is 29.4 Å². The van der Waals surface area contributed by atoms with Crippen LogP contribution in [0.2, 0.25) is 0 Å². The topological polar surface area (TPSA) is 46.3 Å². The van der Waals surface area contributed by atoms with Gasteiger partial charge in [0.05, 0.1) is 0 Å². The van der Waals surface area contributed by atoms with Crippen LogP contribution in [0.3, 0.4) is 0 Å². The van der Waals surface area contributed by atoms with Gasteiger partial charge in [0.1, 0.15) is 0 Å². The molecule has 4 rings (SSSR count). The van der Waals surface area contributed by atoms with Gasteiger partial charge < -0.3 is 10.6 Å². The number of rotatable bonds is 3. The van der Waals surface area contributed by atoms with Crippen molar-refractivity contribution < 1.29 is 4.79 Å². The summed E-state index contributed by atoms with van der Waals surface area (Å²) in [5, 5.41) is 0. The monoisotopic (exact) mass is 376 g/mol. The Labute approximate surface area is 164 Å². The third-order valence-electron chi connectivity index (χ3n) is 7.14. The third kappa shape index (κ3) is 3.80. The number of hydrogen-bond donors (Lipinski definition) is 1. The molecule has 1 heterocycles. The quantitative estimate of drug-likeness (QED) is 0.863. The fraction of sp³-hybridized carbons (Fsp3) is 0.682. The van der Waals surface area contributed by atoms with Crippen LogP contribution in [0.25, 0.3) is 0 Å². The number of nitrogens with zero attached hydrogens (tertiary/aromatic N) is 1. The van der Waals surface area contributed by atoms with E-state index in [1.54, 1.807) is 0 Å². The minimum Gasteiger partial charge on any atom is -0.339 e. The molecule has 1 aliphatic heterocycles. The highest BCUT2D eigenvalue weighted by molar-refractivity contribution is 5.85. The summed E-state index contributed by atoms with van der Waals surface area (Å²) >= 11 is 0. The fourth-order valence-electron chi connectivity index (χ4n) is 5.66. The van der Waals surface area contributed by atoms with Gasteiger partial charge in [0.15, 0.2) is 0 Å². The van der Waals surface area contributed by atoms with Gasteiger partial charge in [-0.3, -0.25) is 4.79 Å². The van der Waals surface area contributed by atoms with Gasteiger partial charge in [0.2, 0.25) is 5.91 Å². The Morgan fingerprint density at radius 1 is 1.12 bits per heavy atom. The van der Waals surface area contributed by atoms with Crippen molar-refractivity contribution in [1.29, 1.82) is 0 Å². The van der Waals surface area contributed by atoms with Gasteiger partial charge in [0, 0.05) is 24.5 Å². The Morgan fingerprint density at radius 3 is 2.50 bits per heavy atom. The van der Waals surface area contributed by atoms with Crippen molar-refractivity contribution in [1.82, 2.24) is 4.90 Å². The Balaban J connectivity index is 0.00000196. The van der Waals surface area contributed by atoms with E-state index in [-0.39, 0.29) is 18.3 Å². The highest BCUT2D eigenvalue weighted by Gasteiger charge is 2.43. The van der Waals surface area contributed by atoms with Gasteiger partial charge in [-0.1, -0.05) is 30.7 Å². The molecule has 2 bridgehead atoms. The molecule has 3 unspecified atom stereocenters. The third-order valence-corrected chi connectivity index (χ3v) is 7.14. The molecule has 3 nitrogen and oxygen atoms in total. The maximum Gasteiger partial charge on any atom is 0.225 e. The molecule has 1 amide bonds. The number of nitrogens with two attached hydrogens (primary N) is 1. The minimum absolute atomic E-state index is 0. The lowest BCUT2D eigenvalue weighted by Gasteiger charge is -2.44. The Morgan fingerprint density at radius 2 is 1.81 bits per heavy atom. The van der Waals surface area contributed by atoms with Gasteiger partial charge in [-0.25, -0.2) is 0 Å². The molecule has 0 spiro atoms. The van der Waals surface area contributed by atoms with Crippen molar-refractivity contribution in [3.8, 4) is 0 Å². The van der Waals surface area contributed by atoms with Crippen LogP contribution >= 0.6 is 12.4 Å². The highest BCUT2D eigenvalue weighted by Crippen LogP contribution is 2.43. The van der Waals surface area contributed by atoms with E-state index in [2.05, 4.69) is 36.1 Å². The van der Waals surface area contributed by atoms with Gasteiger partial charge in [-0.15, -0.1) is 12.4 Å². The van der Waals surface area contributed by atoms with Crippen LogP contribution in [0.15, 0.2) is 24.3 Å². The van der Waals surface area contributed by atoms with E-state index < -0.39 is 0 Å². The standard InChI is InChI=1S/C22H32N2O.ClH/c1-15-6-2-3-7-16(15)14-20-10-5-11-24(20)22(25)19-12-17-8-4-9-18(13-19)21(17)23;/h2-3,6-7,17-21H,4-5,8-14,23H2,1H3;1H. The van der Waals surface area contributed by atoms with Gasteiger partial charge in [-0.2, -0.15) is 0 Å². The summed E-state index contributed by atoms with van der Waals surface area (Å²) in [4.78, 5) is 15.5. The zero-order valence-corrected chi connectivity index (χ0v) is 16.7. The summed E-state index contributed by atoms with van der Waals surface area (Å²) in [6.45, 7) is 3.13. The van der Waals surface area contributed by atoms with Gasteiger partial charge in [0.25, 0.3) is 0 Å². The summed E-state index contributed by atoms with van der Waals surface area (Å²) in [6.07, 6.45) is 9.15. The average Bonchev–Trinajstić information content (AvgIpc) is 3.04. The lowest BCUT2D eigenvalue weighted by Crippen LogP contribution is -2.50. The number of hydrogen-bond acceptors (Lipinski definition) is 2. The lowest BCUT2D eigenvalue weighted by molar-refractivity contribution is -0.139. The first-order valence-corrected chi connectivity index (χ1v) is 10.2. The molecule has 4 heteroatoms. The van der Waals surface area contributed by atoms with E-state index in [0.717, 1.165) is 38.6 Å². The molecular weight excluding hydrogens is 344 g/mol. The van der Waals surface area contributed by atoms with E-state index in [9.17, 15) is 4.79 Å². The number of halogens is 1. The highest BCUT2D eigenvalue weighted by atomic mass is 35.5. The molecule has 1 aromatic carbocycles. The second kappa shape index (κ2) is 8.31. The van der Waals surface area contributed by atoms with Crippen molar-refractivity contribution in [3.63, 3.8) is 0 Å². The normalized spacial score (nSPS) is 33.6. The molecule has 1 saturated heterocycles. The lowest BCUT2D eigenvalue weighted by atomic mass is 9.65. The van der Waals surface area contributed by atoms with Crippen molar-refractivity contribution in [2.45, 2.75) is 70.4 Å². The summed E-state index contributed by atoms with van der Waals surface area (Å²) in [6, 6.07) is 9.36. The average molecular weight is 377 g/mol. The molecule has 0 radical (unpaired) electrons. The molecule has 3 fully saturated rings. The molecule has 3 atom stereocenters. The number of amides is 1. The van der Waals surface area contributed by atoms with Gasteiger partial charge in [-0.05, 0) is 74.8 Å². The number of benzene rings is 1. The van der Waals surface area contributed by atoms with Crippen LogP contribution in [0.4, 0.5) is 0 Å². The number of aryl methyl sites for hydroxylation is 1. The zero-order valence-electron chi connectivity index (χ0n) is 15.9. The van der Waals surface area contributed by atoms with E-state index in [1.807, 2.05) is 0 Å². The van der Waals surface area contributed by atoms with Crippen molar-refractivity contribution in [2.24, 2.45) is 23.5 Å². The first-order valence-electron chi connectivity index (χ1n) is 10.2. The molecule has 144 valence electrons. The summed E-state index contributed by atoms with van der Waals surface area (Å²) in [5.74, 6) is 1.82. The number of fused-ring (bicyclic) bond motifs is 2. The van der Waals surface area contributed by atoms with Crippen molar-refractivity contribution in [2.75, 3.05) is 6.54 Å². The molecule has 1 aromatic rings. The number of carbonyl (C=O) groups excluding carboxylic acids is 1. The largest absolute Gasteiger partial charge is 0.339 e. The van der Waals surface area contributed by atoms with E-state index in [1.165, 1.54) is 30.4 Å². The maximum atomic E-state index is 13.3. The van der Waals surface area contributed by atoms with Crippen LogP contribution in [0.5, 0.6) is 0 Å². The Bertz CT molecular complexity index is 620. The molecule has 26 heavy (non-hydrogen) atoms. The summed E-state index contributed by atoms with van der Waals surface area (Å²) < 4.78 is 0. The van der Waals surface area contributed by atoms with E-state index >= 15 is 0 Å². The van der Waals surface area contributed by atoms with Gasteiger partial charge >= 0.3 is 0 Å². The van der Waals surface area contributed by atoms with Crippen LogP contribution in [0, 0.1) is 24.7 Å². The maximum absolute atomic E-state index is 13.3. The number of likely N-dealkylation sites (tertiary alicyclic amines) is 1. The molecule has 2 aliphatic carbocycles. The van der Waals surface area contributed by atoms with E-state index in [0.29, 0.717) is 29.8 Å². The molecule has 0 aromatic heterocycles. The molecule has 2 N–H and O–H groups in total. The van der Waals surface area contributed by atoms with Crippen LogP contribution in [-0.2, 0) is 11.2 Å². The molecular formula is C22H33ClN2O. The van der Waals surface area contributed by atoms with Crippen LogP contribution in [0.1, 0.15) is 56.1 Å². The first kappa shape index (κ1) is 19.7. The summed E-state index contributed by atoms with van der Waals surface area (Å²) in [5.41, 5.74) is 9.17.